The van der Waals surface area contributed by atoms with E-state index in [0.717, 1.165) is 19.6 Å². The molecule has 2 aromatic heterocycles. The topological polar surface area (TPSA) is 41.1 Å². The number of benzene rings is 1. The first-order valence-electron chi connectivity index (χ1n) is 8.74. The maximum absolute atomic E-state index is 4.42. The Labute approximate surface area is 151 Å². The van der Waals surface area contributed by atoms with Gasteiger partial charge in [-0.05, 0) is 22.8 Å². The number of rotatable bonds is 4. The van der Waals surface area contributed by atoms with Gasteiger partial charge in [0.2, 0.25) is 0 Å². The molecule has 3 atom stereocenters. The van der Waals surface area contributed by atoms with E-state index >= 15 is 0 Å². The molecule has 0 spiro atoms. The Hall–Kier alpha value is -2.08. The number of pyridine rings is 1. The van der Waals surface area contributed by atoms with Crippen LogP contribution >= 0.6 is 11.3 Å². The molecule has 1 N–H and O–H groups in total. The van der Waals surface area contributed by atoms with E-state index in [2.05, 4.69) is 55.9 Å². The molecule has 0 amide bonds. The predicted octanol–water partition coefficient (Wildman–Crippen LogP) is 3.14. The highest BCUT2D eigenvalue weighted by atomic mass is 32.1. The summed E-state index contributed by atoms with van der Waals surface area (Å²) in [5.41, 5.74) is 3.87. The first-order valence-corrected chi connectivity index (χ1v) is 9.62. The van der Waals surface area contributed by atoms with Gasteiger partial charge in [-0.15, -0.1) is 11.3 Å². The van der Waals surface area contributed by atoms with Crippen molar-refractivity contribution >= 4 is 11.3 Å². The second-order valence-electron chi connectivity index (χ2n) is 6.89. The molecule has 3 aliphatic rings. The summed E-state index contributed by atoms with van der Waals surface area (Å²) in [6.07, 6.45) is 5.64. The van der Waals surface area contributed by atoms with Crippen LogP contribution in [0.5, 0.6) is 0 Å². The smallest absolute Gasteiger partial charge is 0.107 e. The molecule has 1 aromatic carbocycles. The lowest BCUT2D eigenvalue weighted by molar-refractivity contribution is 0.0470. The Morgan fingerprint density at radius 3 is 2.56 bits per heavy atom. The van der Waals surface area contributed by atoms with Gasteiger partial charge in [0.25, 0.3) is 0 Å². The van der Waals surface area contributed by atoms with Gasteiger partial charge < -0.3 is 5.32 Å². The summed E-state index contributed by atoms with van der Waals surface area (Å²) in [5, 5.41) is 7.00. The average Bonchev–Trinajstić information content (AvgIpc) is 3.16. The molecule has 5 heterocycles. The largest absolute Gasteiger partial charge is 0.307 e. The van der Waals surface area contributed by atoms with Crippen LogP contribution in [0, 0.1) is 0 Å². The lowest BCUT2D eigenvalue weighted by atomic mass is 9.74. The van der Waals surface area contributed by atoms with Crippen LogP contribution in [0.4, 0.5) is 0 Å². The molecule has 3 saturated heterocycles. The van der Waals surface area contributed by atoms with Crippen LogP contribution in [0.3, 0.4) is 0 Å². The monoisotopic (exact) mass is 348 g/mol. The molecule has 3 fully saturated rings. The van der Waals surface area contributed by atoms with Crippen molar-refractivity contribution in [3.05, 3.63) is 70.9 Å². The third-order valence-electron chi connectivity index (χ3n) is 5.34. The number of aromatic nitrogens is 2. The maximum atomic E-state index is 4.42. The molecule has 3 aromatic rings. The van der Waals surface area contributed by atoms with E-state index in [-0.39, 0.29) is 0 Å². The van der Waals surface area contributed by atoms with Gasteiger partial charge >= 0.3 is 0 Å². The normalized spacial score (nSPS) is 25.5. The second kappa shape index (κ2) is 6.33. The fraction of sp³-hybridized carbons (Fsp3) is 0.300. The Morgan fingerprint density at radius 1 is 1.04 bits per heavy atom. The summed E-state index contributed by atoms with van der Waals surface area (Å²) in [6.45, 7) is 3.19. The average molecular weight is 348 g/mol. The minimum Gasteiger partial charge on any atom is -0.307 e. The van der Waals surface area contributed by atoms with Crippen LogP contribution in [0.25, 0.3) is 11.1 Å². The zero-order valence-electron chi connectivity index (χ0n) is 13.9. The number of piperidine rings is 1. The summed E-state index contributed by atoms with van der Waals surface area (Å²) in [5.74, 6) is 0.635. The molecule has 5 heteroatoms. The number of fused-ring (bicyclic) bond motifs is 2. The van der Waals surface area contributed by atoms with Crippen LogP contribution in [0.1, 0.15) is 16.5 Å². The molecule has 0 saturated carbocycles. The highest BCUT2D eigenvalue weighted by molar-refractivity contribution is 7.09. The summed E-state index contributed by atoms with van der Waals surface area (Å²) in [6, 6.07) is 14.3. The first-order chi connectivity index (χ1) is 12.4. The zero-order valence-corrected chi connectivity index (χ0v) is 14.7. The number of nitrogens with one attached hydrogen (secondary N) is 1. The molecule has 126 valence electrons. The van der Waals surface area contributed by atoms with Crippen molar-refractivity contribution in [2.45, 2.75) is 24.5 Å². The highest BCUT2D eigenvalue weighted by Gasteiger charge is 2.46. The fourth-order valence-corrected chi connectivity index (χ4v) is 4.81. The summed E-state index contributed by atoms with van der Waals surface area (Å²) < 4.78 is 0. The second-order valence-corrected chi connectivity index (χ2v) is 7.87. The van der Waals surface area contributed by atoms with E-state index in [1.165, 1.54) is 21.7 Å². The number of hydrogen-bond acceptors (Lipinski definition) is 5. The third kappa shape index (κ3) is 2.88. The molecular weight excluding hydrogens is 328 g/mol. The maximum Gasteiger partial charge on any atom is 0.107 e. The van der Waals surface area contributed by atoms with Crippen molar-refractivity contribution in [1.29, 1.82) is 0 Å². The molecule has 0 aliphatic carbocycles. The lowest BCUT2D eigenvalue weighted by Crippen LogP contribution is -2.71. The zero-order chi connectivity index (χ0) is 16.6. The third-order valence-corrected chi connectivity index (χ3v) is 6.10. The summed E-state index contributed by atoms with van der Waals surface area (Å²) in [4.78, 5) is 11.2. The van der Waals surface area contributed by atoms with E-state index in [1.54, 1.807) is 11.3 Å². The number of nitrogens with zero attached hydrogens (tertiary/aromatic N) is 3. The van der Waals surface area contributed by atoms with E-state index in [9.17, 15) is 0 Å². The molecule has 25 heavy (non-hydrogen) atoms. The van der Waals surface area contributed by atoms with Crippen molar-refractivity contribution in [3.8, 4) is 11.1 Å². The van der Waals surface area contributed by atoms with Crippen molar-refractivity contribution in [1.82, 2.24) is 20.2 Å². The Morgan fingerprint density at radius 2 is 1.88 bits per heavy atom. The molecule has 1 unspecified atom stereocenters. The number of piperazine rings is 1. The minimum absolute atomic E-state index is 0.558. The molecule has 6 rings (SSSR count). The molecule has 3 aliphatic heterocycles. The summed E-state index contributed by atoms with van der Waals surface area (Å²) in [7, 11) is 0. The SMILES string of the molecule is c1cncc(-c2ccc(C3[C@@H]4CN(Cc5nccs5)C[C@H]3N4)cc2)c1. The van der Waals surface area contributed by atoms with Gasteiger partial charge in [0.1, 0.15) is 5.01 Å². The van der Waals surface area contributed by atoms with Crippen molar-refractivity contribution in [3.63, 3.8) is 0 Å². The van der Waals surface area contributed by atoms with Crippen LogP contribution in [0.2, 0.25) is 0 Å². The van der Waals surface area contributed by atoms with Crippen LogP contribution in [-0.4, -0.2) is 40.0 Å². The highest BCUT2D eigenvalue weighted by Crippen LogP contribution is 2.37. The van der Waals surface area contributed by atoms with Gasteiger partial charge in [-0.1, -0.05) is 30.3 Å². The fourth-order valence-electron chi connectivity index (χ4n) is 4.15. The molecule has 2 bridgehead atoms. The standard InChI is InChI=1S/C20H20N4S/c1-2-16(10-21-7-1)14-3-5-15(6-4-14)20-17-11-24(12-18(20)23-17)13-19-22-8-9-25-19/h1-10,17-18,20,23H,11-13H2/t17-,18+,20?. The Balaban J connectivity index is 1.28. The minimum atomic E-state index is 0.558. The first kappa shape index (κ1) is 15.2. The van der Waals surface area contributed by atoms with Crippen molar-refractivity contribution in [2.75, 3.05) is 13.1 Å². The van der Waals surface area contributed by atoms with E-state index in [0.29, 0.717) is 18.0 Å². The van der Waals surface area contributed by atoms with Gasteiger partial charge in [0, 0.05) is 55.1 Å². The summed E-state index contributed by atoms with van der Waals surface area (Å²) >= 11 is 1.75. The van der Waals surface area contributed by atoms with Crippen LogP contribution in [0.15, 0.2) is 60.4 Å². The van der Waals surface area contributed by atoms with Gasteiger partial charge in [-0.2, -0.15) is 0 Å². The molecule has 0 radical (unpaired) electrons. The van der Waals surface area contributed by atoms with Crippen molar-refractivity contribution < 1.29 is 0 Å². The van der Waals surface area contributed by atoms with Gasteiger partial charge in [0.15, 0.2) is 0 Å². The van der Waals surface area contributed by atoms with Gasteiger partial charge in [0.05, 0.1) is 6.54 Å². The van der Waals surface area contributed by atoms with Gasteiger partial charge in [-0.3, -0.25) is 9.88 Å². The van der Waals surface area contributed by atoms with E-state index in [4.69, 9.17) is 0 Å². The van der Waals surface area contributed by atoms with Gasteiger partial charge in [-0.25, -0.2) is 4.98 Å². The lowest BCUT2D eigenvalue weighted by Gasteiger charge is -2.54. The number of thiazole rings is 1. The van der Waals surface area contributed by atoms with Crippen LogP contribution in [-0.2, 0) is 6.54 Å². The van der Waals surface area contributed by atoms with E-state index < -0.39 is 0 Å². The van der Waals surface area contributed by atoms with Crippen molar-refractivity contribution in [2.24, 2.45) is 0 Å². The Bertz CT molecular complexity index is 820. The van der Waals surface area contributed by atoms with Crippen LogP contribution < -0.4 is 5.32 Å². The molecular formula is C20H20N4S. The molecule has 4 nitrogen and oxygen atoms in total. The number of hydrogen-bond donors (Lipinski definition) is 1. The Kier molecular flexibility index (Phi) is 3.85. The quantitative estimate of drug-likeness (QED) is 0.786. The predicted molar refractivity (Wildman–Crippen MR) is 101 cm³/mol. The van der Waals surface area contributed by atoms with E-state index in [1.807, 2.05) is 24.7 Å².